The summed E-state index contributed by atoms with van der Waals surface area (Å²) in [4.78, 5) is 6.41. The molecule has 1 aliphatic rings. The lowest BCUT2D eigenvalue weighted by molar-refractivity contribution is 0.996. The van der Waals surface area contributed by atoms with E-state index in [0.717, 1.165) is 13.0 Å². The molecule has 0 amide bonds. The highest BCUT2D eigenvalue weighted by Gasteiger charge is 2.20. The third-order valence-corrected chi connectivity index (χ3v) is 3.24. The predicted molar refractivity (Wildman–Crippen MR) is 70.9 cm³/mol. The summed E-state index contributed by atoms with van der Waals surface area (Å²) < 4.78 is 0. The minimum absolute atomic E-state index is 1.05. The Bertz CT molecular complexity index is 522. The fraction of sp³-hybridized carbons (Fsp3) is 0.214. The van der Waals surface area contributed by atoms with E-state index in [1.54, 1.807) is 0 Å². The molecule has 17 heavy (non-hydrogen) atoms. The van der Waals surface area contributed by atoms with E-state index in [9.17, 15) is 0 Å². The SMILES string of the molecule is CNc1ccc2c(c1)CCN2c1ccncc1. The lowest BCUT2D eigenvalue weighted by Crippen LogP contribution is -2.12. The van der Waals surface area contributed by atoms with Crippen molar-refractivity contribution in [3.8, 4) is 0 Å². The van der Waals surface area contributed by atoms with E-state index in [2.05, 4.69) is 45.5 Å². The first-order valence-corrected chi connectivity index (χ1v) is 5.87. The van der Waals surface area contributed by atoms with Gasteiger partial charge in [-0.1, -0.05) is 0 Å². The number of rotatable bonds is 2. The molecule has 0 bridgehead atoms. The number of hydrogen-bond acceptors (Lipinski definition) is 3. The van der Waals surface area contributed by atoms with Crippen molar-refractivity contribution in [1.29, 1.82) is 0 Å². The maximum Gasteiger partial charge on any atom is 0.0445 e. The molecule has 0 aliphatic carbocycles. The fourth-order valence-electron chi connectivity index (χ4n) is 2.35. The zero-order chi connectivity index (χ0) is 11.7. The average molecular weight is 225 g/mol. The lowest BCUT2D eigenvalue weighted by atomic mass is 10.1. The number of pyridine rings is 1. The van der Waals surface area contributed by atoms with Crippen molar-refractivity contribution in [3.05, 3.63) is 48.3 Å². The molecular formula is C14H15N3. The van der Waals surface area contributed by atoms with Gasteiger partial charge in [0.2, 0.25) is 0 Å². The molecule has 0 fully saturated rings. The maximum absolute atomic E-state index is 4.06. The molecule has 3 nitrogen and oxygen atoms in total. The molecule has 2 heterocycles. The molecule has 1 aromatic carbocycles. The number of hydrogen-bond donors (Lipinski definition) is 1. The van der Waals surface area contributed by atoms with Crippen LogP contribution in [0.3, 0.4) is 0 Å². The molecule has 86 valence electrons. The monoisotopic (exact) mass is 225 g/mol. The molecule has 0 atom stereocenters. The van der Waals surface area contributed by atoms with Crippen LogP contribution < -0.4 is 10.2 Å². The molecule has 0 unspecified atom stereocenters. The third-order valence-electron chi connectivity index (χ3n) is 3.24. The van der Waals surface area contributed by atoms with Crippen LogP contribution >= 0.6 is 0 Å². The van der Waals surface area contributed by atoms with Crippen LogP contribution in [0.15, 0.2) is 42.7 Å². The van der Waals surface area contributed by atoms with E-state index in [1.807, 2.05) is 19.4 Å². The van der Waals surface area contributed by atoms with E-state index in [4.69, 9.17) is 0 Å². The quantitative estimate of drug-likeness (QED) is 0.851. The number of fused-ring (bicyclic) bond motifs is 1. The Hall–Kier alpha value is -2.03. The van der Waals surface area contributed by atoms with Crippen molar-refractivity contribution < 1.29 is 0 Å². The van der Waals surface area contributed by atoms with Gasteiger partial charge >= 0.3 is 0 Å². The van der Waals surface area contributed by atoms with Gasteiger partial charge in [0.25, 0.3) is 0 Å². The van der Waals surface area contributed by atoms with Crippen molar-refractivity contribution in [2.75, 3.05) is 23.8 Å². The number of anilines is 3. The summed E-state index contributed by atoms with van der Waals surface area (Å²) in [5.74, 6) is 0. The van der Waals surface area contributed by atoms with Crippen LogP contribution in [0.5, 0.6) is 0 Å². The Morgan fingerprint density at radius 3 is 2.76 bits per heavy atom. The number of aromatic nitrogens is 1. The second-order valence-electron chi connectivity index (χ2n) is 4.20. The fourth-order valence-corrected chi connectivity index (χ4v) is 2.35. The maximum atomic E-state index is 4.06. The Morgan fingerprint density at radius 2 is 2.00 bits per heavy atom. The van der Waals surface area contributed by atoms with Crippen LogP contribution in [0, 0.1) is 0 Å². The first-order valence-electron chi connectivity index (χ1n) is 5.87. The molecule has 1 aliphatic heterocycles. The van der Waals surface area contributed by atoms with Crippen molar-refractivity contribution >= 4 is 17.1 Å². The predicted octanol–water partition coefficient (Wildman–Crippen LogP) is 2.82. The third kappa shape index (κ3) is 1.73. The summed E-state index contributed by atoms with van der Waals surface area (Å²) in [6, 6.07) is 10.7. The molecule has 3 rings (SSSR count). The van der Waals surface area contributed by atoms with Gasteiger partial charge in [0, 0.05) is 43.0 Å². The van der Waals surface area contributed by atoms with Crippen LogP contribution in [0.1, 0.15) is 5.56 Å². The van der Waals surface area contributed by atoms with E-state index >= 15 is 0 Å². The zero-order valence-electron chi connectivity index (χ0n) is 9.85. The van der Waals surface area contributed by atoms with Gasteiger partial charge < -0.3 is 10.2 Å². The van der Waals surface area contributed by atoms with E-state index in [1.165, 1.54) is 22.6 Å². The normalized spacial score (nSPS) is 13.6. The van der Waals surface area contributed by atoms with Gasteiger partial charge in [0.05, 0.1) is 0 Å². The summed E-state index contributed by atoms with van der Waals surface area (Å²) in [6.45, 7) is 1.05. The summed E-state index contributed by atoms with van der Waals surface area (Å²) >= 11 is 0. The van der Waals surface area contributed by atoms with Crippen LogP contribution in [0.25, 0.3) is 0 Å². The van der Waals surface area contributed by atoms with Gasteiger partial charge in [0.15, 0.2) is 0 Å². The van der Waals surface area contributed by atoms with Gasteiger partial charge in [-0.05, 0) is 42.3 Å². The summed E-state index contributed by atoms with van der Waals surface area (Å²) in [5.41, 5.74) is 5.13. The molecule has 0 saturated heterocycles. The van der Waals surface area contributed by atoms with E-state index in [-0.39, 0.29) is 0 Å². The van der Waals surface area contributed by atoms with Crippen molar-refractivity contribution in [2.45, 2.75) is 6.42 Å². The Morgan fingerprint density at radius 1 is 1.18 bits per heavy atom. The minimum atomic E-state index is 1.05. The highest BCUT2D eigenvalue weighted by molar-refractivity contribution is 5.72. The molecule has 1 aromatic heterocycles. The highest BCUT2D eigenvalue weighted by atomic mass is 15.2. The molecule has 1 N–H and O–H groups in total. The topological polar surface area (TPSA) is 28.2 Å². The van der Waals surface area contributed by atoms with Gasteiger partial charge in [-0.3, -0.25) is 4.98 Å². The highest BCUT2D eigenvalue weighted by Crippen LogP contribution is 2.35. The number of nitrogens with one attached hydrogen (secondary N) is 1. The van der Waals surface area contributed by atoms with Gasteiger partial charge in [-0.15, -0.1) is 0 Å². The zero-order valence-corrected chi connectivity index (χ0v) is 9.85. The molecule has 2 aromatic rings. The van der Waals surface area contributed by atoms with Crippen LogP contribution in [-0.2, 0) is 6.42 Å². The lowest BCUT2D eigenvalue weighted by Gasteiger charge is -2.19. The first kappa shape index (κ1) is 10.1. The second-order valence-corrected chi connectivity index (χ2v) is 4.20. The molecule has 0 spiro atoms. The standard InChI is InChI=1S/C14H15N3/c1-15-12-2-3-14-11(10-12)6-9-17(14)13-4-7-16-8-5-13/h2-5,7-8,10,15H,6,9H2,1H3. The Kier molecular flexibility index (Phi) is 2.44. The van der Waals surface area contributed by atoms with Gasteiger partial charge in [-0.25, -0.2) is 0 Å². The second kappa shape index (κ2) is 4.09. The van der Waals surface area contributed by atoms with Crippen molar-refractivity contribution in [1.82, 2.24) is 4.98 Å². The van der Waals surface area contributed by atoms with Gasteiger partial charge in [0.1, 0.15) is 0 Å². The van der Waals surface area contributed by atoms with Crippen molar-refractivity contribution in [3.63, 3.8) is 0 Å². The Labute approximate surface area is 101 Å². The Balaban J connectivity index is 1.99. The number of nitrogens with zero attached hydrogens (tertiary/aromatic N) is 2. The minimum Gasteiger partial charge on any atom is -0.388 e. The van der Waals surface area contributed by atoms with Crippen LogP contribution in [0.4, 0.5) is 17.1 Å². The van der Waals surface area contributed by atoms with Crippen LogP contribution in [-0.4, -0.2) is 18.6 Å². The average Bonchev–Trinajstić information content (AvgIpc) is 2.82. The summed E-state index contributed by atoms with van der Waals surface area (Å²) in [7, 11) is 1.96. The van der Waals surface area contributed by atoms with Crippen LogP contribution in [0.2, 0.25) is 0 Å². The van der Waals surface area contributed by atoms with Crippen molar-refractivity contribution in [2.24, 2.45) is 0 Å². The largest absolute Gasteiger partial charge is 0.388 e. The molecular weight excluding hydrogens is 210 g/mol. The first-order chi connectivity index (χ1) is 8.38. The smallest absolute Gasteiger partial charge is 0.0445 e. The number of benzene rings is 1. The van der Waals surface area contributed by atoms with E-state index in [0.29, 0.717) is 0 Å². The summed E-state index contributed by atoms with van der Waals surface area (Å²) in [6.07, 6.45) is 4.79. The molecule has 0 radical (unpaired) electrons. The van der Waals surface area contributed by atoms with E-state index < -0.39 is 0 Å². The van der Waals surface area contributed by atoms with Gasteiger partial charge in [-0.2, -0.15) is 0 Å². The summed E-state index contributed by atoms with van der Waals surface area (Å²) in [5, 5.41) is 3.18. The molecule has 3 heteroatoms. The molecule has 0 saturated carbocycles.